The predicted molar refractivity (Wildman–Crippen MR) is 84.0 cm³/mol. The molecular formula is C13H15BrN2S2. The van der Waals surface area contributed by atoms with E-state index in [2.05, 4.69) is 57.1 Å². The molecule has 18 heavy (non-hydrogen) atoms. The first-order chi connectivity index (χ1) is 8.78. The predicted octanol–water partition coefficient (Wildman–Crippen LogP) is 3.68. The second kappa shape index (κ2) is 7.31. The van der Waals surface area contributed by atoms with Crippen LogP contribution in [0.15, 0.2) is 51.1 Å². The van der Waals surface area contributed by atoms with Gasteiger partial charge in [-0.3, -0.25) is 11.3 Å². The van der Waals surface area contributed by atoms with Gasteiger partial charge in [-0.25, -0.2) is 0 Å². The Morgan fingerprint density at radius 1 is 1.33 bits per heavy atom. The average molecular weight is 343 g/mol. The maximum atomic E-state index is 5.62. The molecule has 0 bridgehead atoms. The lowest BCUT2D eigenvalue weighted by atomic mass is 10.2. The van der Waals surface area contributed by atoms with Crippen LogP contribution in [-0.2, 0) is 6.42 Å². The molecule has 96 valence electrons. The summed E-state index contributed by atoms with van der Waals surface area (Å²) in [5.74, 6) is 6.58. The van der Waals surface area contributed by atoms with Gasteiger partial charge in [0.05, 0.1) is 0 Å². The van der Waals surface area contributed by atoms with Gasteiger partial charge < -0.3 is 0 Å². The number of hydrogen-bond donors (Lipinski definition) is 2. The molecule has 0 saturated heterocycles. The molecule has 1 aromatic carbocycles. The van der Waals surface area contributed by atoms with Crippen molar-refractivity contribution < 1.29 is 0 Å². The van der Waals surface area contributed by atoms with Gasteiger partial charge in [-0.1, -0.05) is 28.1 Å². The molecule has 0 saturated carbocycles. The number of halogens is 1. The second-order valence-electron chi connectivity index (χ2n) is 3.92. The second-order valence-corrected chi connectivity index (χ2v) is 6.96. The summed E-state index contributed by atoms with van der Waals surface area (Å²) in [7, 11) is 0. The van der Waals surface area contributed by atoms with Gasteiger partial charge in [-0.05, 0) is 36.1 Å². The van der Waals surface area contributed by atoms with E-state index in [1.807, 2.05) is 17.8 Å². The minimum absolute atomic E-state index is 0.299. The van der Waals surface area contributed by atoms with E-state index in [9.17, 15) is 0 Å². The van der Waals surface area contributed by atoms with E-state index in [0.29, 0.717) is 6.04 Å². The zero-order valence-corrected chi connectivity index (χ0v) is 13.0. The number of thiophene rings is 1. The van der Waals surface area contributed by atoms with Gasteiger partial charge in [-0.15, -0.1) is 23.1 Å². The molecule has 0 aliphatic heterocycles. The molecule has 1 unspecified atom stereocenters. The molecule has 1 heterocycles. The van der Waals surface area contributed by atoms with Gasteiger partial charge in [0.2, 0.25) is 0 Å². The van der Waals surface area contributed by atoms with Crippen molar-refractivity contribution in [3.05, 3.63) is 51.1 Å². The molecule has 0 amide bonds. The Morgan fingerprint density at radius 2 is 2.22 bits per heavy atom. The number of nitrogens with two attached hydrogens (primary N) is 1. The number of nitrogens with one attached hydrogen (secondary N) is 1. The highest BCUT2D eigenvalue weighted by Gasteiger charge is 2.09. The molecule has 1 atom stereocenters. The van der Waals surface area contributed by atoms with Crippen LogP contribution < -0.4 is 11.3 Å². The van der Waals surface area contributed by atoms with Crippen LogP contribution in [0.1, 0.15) is 4.88 Å². The molecule has 0 aliphatic carbocycles. The fraction of sp³-hybridized carbons (Fsp3) is 0.231. The van der Waals surface area contributed by atoms with Crippen LogP contribution >= 0.6 is 39.0 Å². The lowest BCUT2D eigenvalue weighted by Crippen LogP contribution is -2.38. The van der Waals surface area contributed by atoms with E-state index in [4.69, 9.17) is 5.84 Å². The normalized spacial score (nSPS) is 12.6. The zero-order valence-electron chi connectivity index (χ0n) is 9.80. The highest BCUT2D eigenvalue weighted by molar-refractivity contribution is 9.10. The van der Waals surface area contributed by atoms with Crippen LogP contribution in [0.5, 0.6) is 0 Å². The first-order valence-electron chi connectivity index (χ1n) is 5.65. The Balaban J connectivity index is 1.87. The first-order valence-corrected chi connectivity index (χ1v) is 8.30. The number of hydrazine groups is 1. The quantitative estimate of drug-likeness (QED) is 0.477. The molecule has 2 rings (SSSR count). The molecule has 0 fully saturated rings. The molecule has 5 heteroatoms. The topological polar surface area (TPSA) is 38.0 Å². The van der Waals surface area contributed by atoms with E-state index < -0.39 is 0 Å². The number of hydrogen-bond acceptors (Lipinski definition) is 4. The highest BCUT2D eigenvalue weighted by Crippen LogP contribution is 2.23. The van der Waals surface area contributed by atoms with Gasteiger partial charge in [0.15, 0.2) is 0 Å². The fourth-order valence-corrected chi connectivity index (χ4v) is 3.92. The Bertz CT molecular complexity index is 474. The lowest BCUT2D eigenvalue weighted by molar-refractivity contribution is 0.579. The summed E-state index contributed by atoms with van der Waals surface area (Å²) in [6.07, 6.45) is 0.981. The van der Waals surface area contributed by atoms with Crippen molar-refractivity contribution in [3.63, 3.8) is 0 Å². The molecule has 2 nitrogen and oxygen atoms in total. The third-order valence-corrected chi connectivity index (χ3v) is 5.06. The maximum absolute atomic E-state index is 5.62. The van der Waals surface area contributed by atoms with E-state index in [0.717, 1.165) is 16.6 Å². The summed E-state index contributed by atoms with van der Waals surface area (Å²) in [4.78, 5) is 2.63. The molecule has 0 spiro atoms. The average Bonchev–Trinajstić information content (AvgIpc) is 2.87. The molecule has 3 N–H and O–H groups in total. The number of benzene rings is 1. The van der Waals surface area contributed by atoms with Crippen molar-refractivity contribution in [2.24, 2.45) is 5.84 Å². The van der Waals surface area contributed by atoms with Crippen LogP contribution in [0.2, 0.25) is 0 Å². The summed E-state index contributed by atoms with van der Waals surface area (Å²) >= 11 is 7.08. The summed E-state index contributed by atoms with van der Waals surface area (Å²) in [5, 5.41) is 2.10. The van der Waals surface area contributed by atoms with E-state index in [1.54, 1.807) is 11.3 Å². The third-order valence-electron chi connectivity index (χ3n) is 2.51. The largest absolute Gasteiger partial charge is 0.271 e. The van der Waals surface area contributed by atoms with Crippen molar-refractivity contribution in [2.45, 2.75) is 17.4 Å². The van der Waals surface area contributed by atoms with Gasteiger partial charge >= 0.3 is 0 Å². The van der Waals surface area contributed by atoms with E-state index in [1.165, 1.54) is 9.77 Å². The van der Waals surface area contributed by atoms with Crippen molar-refractivity contribution >= 4 is 39.0 Å². The Kier molecular flexibility index (Phi) is 5.72. The van der Waals surface area contributed by atoms with Crippen molar-refractivity contribution in [1.82, 2.24) is 5.43 Å². The Morgan fingerprint density at radius 3 is 2.89 bits per heavy atom. The zero-order chi connectivity index (χ0) is 12.8. The third kappa shape index (κ3) is 4.40. The van der Waals surface area contributed by atoms with E-state index in [-0.39, 0.29) is 0 Å². The standard InChI is InChI=1S/C13H15BrN2S2/c14-10-3-1-4-12(7-10)18-9-11(16-15)8-13-5-2-6-17-13/h1-7,11,16H,8-9,15H2. The Labute approximate surface area is 124 Å². The minimum Gasteiger partial charge on any atom is -0.271 e. The van der Waals surface area contributed by atoms with Crippen LogP contribution in [0, 0.1) is 0 Å². The van der Waals surface area contributed by atoms with Gasteiger partial charge in [0, 0.05) is 26.0 Å². The van der Waals surface area contributed by atoms with Crippen molar-refractivity contribution in [3.8, 4) is 0 Å². The molecular weight excluding hydrogens is 328 g/mol. The molecule has 0 aliphatic rings. The van der Waals surface area contributed by atoms with Crippen molar-refractivity contribution in [2.75, 3.05) is 5.75 Å². The monoisotopic (exact) mass is 342 g/mol. The number of thioether (sulfide) groups is 1. The van der Waals surface area contributed by atoms with Crippen LogP contribution in [-0.4, -0.2) is 11.8 Å². The van der Waals surface area contributed by atoms with Crippen LogP contribution in [0.4, 0.5) is 0 Å². The maximum Gasteiger partial charge on any atom is 0.0352 e. The fourth-order valence-electron chi connectivity index (χ4n) is 1.59. The number of rotatable bonds is 6. The van der Waals surface area contributed by atoms with E-state index >= 15 is 0 Å². The summed E-state index contributed by atoms with van der Waals surface area (Å²) < 4.78 is 1.11. The molecule has 1 aromatic heterocycles. The van der Waals surface area contributed by atoms with Gasteiger partial charge in [0.1, 0.15) is 0 Å². The SMILES string of the molecule is NNC(CSc1cccc(Br)c1)Cc1cccs1. The molecule has 0 radical (unpaired) electrons. The molecule has 2 aromatic rings. The first kappa shape index (κ1) is 14.1. The highest BCUT2D eigenvalue weighted by atomic mass is 79.9. The minimum atomic E-state index is 0.299. The lowest BCUT2D eigenvalue weighted by Gasteiger charge is -2.14. The van der Waals surface area contributed by atoms with Crippen molar-refractivity contribution in [1.29, 1.82) is 0 Å². The Hall–Kier alpha value is -0.330. The summed E-state index contributed by atoms with van der Waals surface area (Å²) in [6.45, 7) is 0. The van der Waals surface area contributed by atoms with Gasteiger partial charge in [-0.2, -0.15) is 0 Å². The smallest absolute Gasteiger partial charge is 0.0352 e. The van der Waals surface area contributed by atoms with Crippen LogP contribution in [0.3, 0.4) is 0 Å². The summed E-state index contributed by atoms with van der Waals surface area (Å²) in [6, 6.07) is 12.9. The van der Waals surface area contributed by atoms with Crippen LogP contribution in [0.25, 0.3) is 0 Å². The summed E-state index contributed by atoms with van der Waals surface area (Å²) in [5.41, 5.74) is 2.90. The van der Waals surface area contributed by atoms with Gasteiger partial charge in [0.25, 0.3) is 0 Å².